The molecule has 3 aromatic rings. The van der Waals surface area contributed by atoms with Crippen molar-refractivity contribution in [2.24, 2.45) is 7.05 Å². The maximum absolute atomic E-state index is 12.6. The molecule has 0 bridgehead atoms. The van der Waals surface area contributed by atoms with E-state index in [4.69, 9.17) is 10.5 Å². The van der Waals surface area contributed by atoms with Gasteiger partial charge in [0.1, 0.15) is 5.65 Å². The van der Waals surface area contributed by atoms with E-state index in [1.165, 1.54) is 4.57 Å². The minimum absolute atomic E-state index is 0.152. The number of rotatable bonds is 2. The Balaban J connectivity index is 2.30. The zero-order valence-electron chi connectivity index (χ0n) is 12.5. The highest BCUT2D eigenvalue weighted by molar-refractivity contribution is 5.83. The van der Waals surface area contributed by atoms with Crippen molar-refractivity contribution in [3.05, 3.63) is 40.4 Å². The molecule has 3 aromatic heterocycles. The van der Waals surface area contributed by atoms with Crippen LogP contribution in [0.3, 0.4) is 0 Å². The summed E-state index contributed by atoms with van der Waals surface area (Å²) in [6.07, 6.45) is 1.61. The molecule has 0 radical (unpaired) electrons. The van der Waals surface area contributed by atoms with Crippen LogP contribution >= 0.6 is 0 Å². The third-order valence-corrected chi connectivity index (χ3v) is 3.53. The first-order chi connectivity index (χ1) is 10.5. The number of pyridine rings is 2. The van der Waals surface area contributed by atoms with Gasteiger partial charge in [-0.2, -0.15) is 4.98 Å². The van der Waals surface area contributed by atoms with Crippen molar-refractivity contribution in [1.82, 2.24) is 19.5 Å². The molecule has 0 aromatic carbocycles. The standard InChI is InChI=1S/C15H15N5O2/c1-8-10-6-11(9-4-5-12(22-3)17-7-9)14(21)20(2)13(10)19-15(16)18-8/h4-7H,1-3H3,(H2,16,18,19). The maximum atomic E-state index is 12.6. The molecule has 0 spiro atoms. The van der Waals surface area contributed by atoms with Crippen LogP contribution in [0, 0.1) is 6.92 Å². The van der Waals surface area contributed by atoms with Gasteiger partial charge in [-0.25, -0.2) is 9.97 Å². The van der Waals surface area contributed by atoms with Crippen LogP contribution in [0.25, 0.3) is 22.2 Å². The van der Waals surface area contributed by atoms with Gasteiger partial charge in [0.2, 0.25) is 11.8 Å². The average Bonchev–Trinajstić information content (AvgIpc) is 2.51. The summed E-state index contributed by atoms with van der Waals surface area (Å²) in [6.45, 7) is 1.83. The normalized spacial score (nSPS) is 10.9. The first-order valence-electron chi connectivity index (χ1n) is 6.65. The largest absolute Gasteiger partial charge is 0.481 e. The Morgan fingerprint density at radius 3 is 2.68 bits per heavy atom. The van der Waals surface area contributed by atoms with Crippen molar-refractivity contribution in [1.29, 1.82) is 0 Å². The van der Waals surface area contributed by atoms with Gasteiger partial charge in [0.05, 0.1) is 12.8 Å². The fourth-order valence-corrected chi connectivity index (χ4v) is 2.36. The molecule has 0 saturated carbocycles. The van der Waals surface area contributed by atoms with E-state index < -0.39 is 0 Å². The highest BCUT2D eigenvalue weighted by Gasteiger charge is 2.13. The molecule has 0 fully saturated rings. The molecule has 3 rings (SSSR count). The van der Waals surface area contributed by atoms with Gasteiger partial charge in [0, 0.05) is 35.8 Å². The van der Waals surface area contributed by atoms with Crippen molar-refractivity contribution in [3.8, 4) is 17.0 Å². The topological polar surface area (TPSA) is 95.9 Å². The molecule has 0 amide bonds. The van der Waals surface area contributed by atoms with Crippen LogP contribution in [-0.4, -0.2) is 26.6 Å². The summed E-state index contributed by atoms with van der Waals surface area (Å²) in [5.41, 5.74) is 7.97. The summed E-state index contributed by atoms with van der Waals surface area (Å²) in [5, 5.41) is 0.780. The number of fused-ring (bicyclic) bond motifs is 1. The predicted molar refractivity (Wildman–Crippen MR) is 83.7 cm³/mol. The number of nitrogens with zero attached hydrogens (tertiary/aromatic N) is 4. The lowest BCUT2D eigenvalue weighted by Crippen LogP contribution is -2.20. The molecular formula is C15H15N5O2. The molecule has 0 aliphatic carbocycles. The summed E-state index contributed by atoms with van der Waals surface area (Å²) in [7, 11) is 3.21. The molecule has 0 saturated heterocycles. The van der Waals surface area contributed by atoms with E-state index in [-0.39, 0.29) is 11.5 Å². The fraction of sp³-hybridized carbons (Fsp3) is 0.200. The molecule has 0 aliphatic rings. The van der Waals surface area contributed by atoms with Crippen LogP contribution in [-0.2, 0) is 7.05 Å². The van der Waals surface area contributed by atoms with Crippen LogP contribution in [0.5, 0.6) is 5.88 Å². The van der Waals surface area contributed by atoms with Crippen LogP contribution in [0.2, 0.25) is 0 Å². The van der Waals surface area contributed by atoms with Crippen LogP contribution in [0.15, 0.2) is 29.2 Å². The molecule has 22 heavy (non-hydrogen) atoms. The highest BCUT2D eigenvalue weighted by atomic mass is 16.5. The number of methoxy groups -OCH3 is 1. The zero-order chi connectivity index (χ0) is 15.9. The number of anilines is 1. The molecule has 0 aliphatic heterocycles. The fourth-order valence-electron chi connectivity index (χ4n) is 2.36. The number of ether oxygens (including phenoxy) is 1. The van der Waals surface area contributed by atoms with Crippen molar-refractivity contribution in [2.75, 3.05) is 12.8 Å². The Morgan fingerprint density at radius 2 is 2.05 bits per heavy atom. The molecule has 0 unspecified atom stereocenters. The van der Waals surface area contributed by atoms with E-state index in [0.717, 1.165) is 11.1 Å². The van der Waals surface area contributed by atoms with Gasteiger partial charge < -0.3 is 10.5 Å². The van der Waals surface area contributed by atoms with E-state index in [1.807, 2.05) is 6.92 Å². The van der Waals surface area contributed by atoms with Gasteiger partial charge in [-0.05, 0) is 19.1 Å². The van der Waals surface area contributed by atoms with Crippen LogP contribution < -0.4 is 16.0 Å². The Hall–Kier alpha value is -2.96. The molecule has 2 N–H and O–H groups in total. The molecular weight excluding hydrogens is 282 g/mol. The van der Waals surface area contributed by atoms with Crippen LogP contribution in [0.4, 0.5) is 5.95 Å². The first kappa shape index (κ1) is 14.0. The summed E-state index contributed by atoms with van der Waals surface area (Å²) >= 11 is 0. The van der Waals surface area contributed by atoms with Crippen molar-refractivity contribution >= 4 is 17.0 Å². The SMILES string of the molecule is COc1ccc(-c2cc3c(C)nc(N)nc3n(C)c2=O)cn1. The number of aromatic nitrogens is 4. The first-order valence-corrected chi connectivity index (χ1v) is 6.65. The van der Waals surface area contributed by atoms with E-state index in [1.54, 1.807) is 38.6 Å². The molecule has 7 nitrogen and oxygen atoms in total. The Morgan fingerprint density at radius 1 is 1.27 bits per heavy atom. The molecule has 112 valence electrons. The number of nitrogens with two attached hydrogens (primary N) is 1. The van der Waals surface area contributed by atoms with Crippen LogP contribution in [0.1, 0.15) is 5.69 Å². The number of hydrogen-bond donors (Lipinski definition) is 1. The third-order valence-electron chi connectivity index (χ3n) is 3.53. The average molecular weight is 297 g/mol. The Bertz CT molecular complexity index is 916. The quantitative estimate of drug-likeness (QED) is 0.765. The number of nitrogen functional groups attached to an aromatic ring is 1. The van der Waals surface area contributed by atoms with E-state index in [9.17, 15) is 4.79 Å². The number of hydrogen-bond acceptors (Lipinski definition) is 6. The lowest BCUT2D eigenvalue weighted by atomic mass is 10.1. The highest BCUT2D eigenvalue weighted by Crippen LogP contribution is 2.22. The summed E-state index contributed by atoms with van der Waals surface area (Å²) < 4.78 is 6.51. The van der Waals surface area contributed by atoms with Gasteiger partial charge in [0.25, 0.3) is 5.56 Å². The van der Waals surface area contributed by atoms with E-state index >= 15 is 0 Å². The second-order valence-corrected chi connectivity index (χ2v) is 4.92. The lowest BCUT2D eigenvalue weighted by molar-refractivity contribution is 0.398. The minimum Gasteiger partial charge on any atom is -0.481 e. The van der Waals surface area contributed by atoms with Crippen molar-refractivity contribution in [2.45, 2.75) is 6.92 Å². The molecule has 7 heteroatoms. The van der Waals surface area contributed by atoms with Crippen molar-refractivity contribution < 1.29 is 4.74 Å². The number of aryl methyl sites for hydroxylation is 2. The summed E-state index contributed by atoms with van der Waals surface area (Å²) in [5.74, 6) is 0.646. The second kappa shape index (κ2) is 5.10. The third kappa shape index (κ3) is 2.16. The Kier molecular flexibility index (Phi) is 3.25. The summed E-state index contributed by atoms with van der Waals surface area (Å²) in [6, 6.07) is 5.28. The lowest BCUT2D eigenvalue weighted by Gasteiger charge is -2.10. The zero-order valence-corrected chi connectivity index (χ0v) is 12.5. The van der Waals surface area contributed by atoms with Gasteiger partial charge in [-0.15, -0.1) is 0 Å². The van der Waals surface area contributed by atoms with Gasteiger partial charge in [-0.1, -0.05) is 0 Å². The van der Waals surface area contributed by atoms with Gasteiger partial charge in [0.15, 0.2) is 0 Å². The minimum atomic E-state index is -0.169. The summed E-state index contributed by atoms with van der Waals surface area (Å²) in [4.78, 5) is 25.0. The van der Waals surface area contributed by atoms with E-state index in [0.29, 0.717) is 22.7 Å². The maximum Gasteiger partial charge on any atom is 0.259 e. The van der Waals surface area contributed by atoms with Crippen molar-refractivity contribution in [3.63, 3.8) is 0 Å². The monoisotopic (exact) mass is 297 g/mol. The molecule has 0 atom stereocenters. The molecule has 3 heterocycles. The second-order valence-electron chi connectivity index (χ2n) is 4.92. The predicted octanol–water partition coefficient (Wildman–Crippen LogP) is 1.29. The Labute approximate surface area is 126 Å². The van der Waals surface area contributed by atoms with E-state index in [2.05, 4.69) is 15.0 Å². The van der Waals surface area contributed by atoms with Gasteiger partial charge >= 0.3 is 0 Å². The smallest absolute Gasteiger partial charge is 0.259 e. The van der Waals surface area contributed by atoms with Gasteiger partial charge in [-0.3, -0.25) is 9.36 Å².